The van der Waals surface area contributed by atoms with Gasteiger partial charge in [0.2, 0.25) is 0 Å². The zero-order chi connectivity index (χ0) is 17.9. The maximum absolute atomic E-state index is 12.5. The molecule has 2 aromatic carbocycles. The number of halogens is 2. The highest BCUT2D eigenvalue weighted by molar-refractivity contribution is 7.92. The number of methoxy groups -OCH3 is 1. The Morgan fingerprint density at radius 2 is 1.79 bits per heavy atom. The largest absolute Gasteiger partial charge is 0.550 e. The Balaban J connectivity index is 2.32. The number of aliphatic carboxylic acids is 1. The second kappa shape index (κ2) is 7.29. The smallest absolute Gasteiger partial charge is 0.265 e. The van der Waals surface area contributed by atoms with E-state index in [0.29, 0.717) is 5.56 Å². The predicted octanol–water partition coefficient (Wildman–Crippen LogP) is 2.10. The lowest BCUT2D eigenvalue weighted by molar-refractivity contribution is -0.304. The molecule has 2 rings (SSSR count). The number of hydrogen-bond donors (Lipinski definition) is 1. The van der Waals surface area contributed by atoms with Crippen LogP contribution in [-0.4, -0.2) is 21.5 Å². The molecule has 128 valence electrons. The van der Waals surface area contributed by atoms with E-state index in [0.717, 1.165) is 0 Å². The van der Waals surface area contributed by atoms with Crippen molar-refractivity contribution in [3.63, 3.8) is 0 Å². The van der Waals surface area contributed by atoms with Crippen molar-refractivity contribution < 1.29 is 23.1 Å². The van der Waals surface area contributed by atoms with Crippen LogP contribution >= 0.6 is 23.2 Å². The molecule has 0 heterocycles. The summed E-state index contributed by atoms with van der Waals surface area (Å²) in [6, 6.07) is 8.49. The number of carboxylic acid groups (broad SMARTS) is 1. The summed E-state index contributed by atoms with van der Waals surface area (Å²) in [6.45, 7) is 0. The molecule has 0 amide bonds. The van der Waals surface area contributed by atoms with Crippen LogP contribution < -0.4 is 14.6 Å². The Labute approximate surface area is 149 Å². The molecule has 0 saturated carbocycles. The first-order chi connectivity index (χ1) is 11.2. The van der Waals surface area contributed by atoms with Gasteiger partial charge in [-0.05, 0) is 29.8 Å². The van der Waals surface area contributed by atoms with Crippen molar-refractivity contribution >= 4 is 44.9 Å². The van der Waals surface area contributed by atoms with E-state index in [2.05, 4.69) is 4.72 Å². The zero-order valence-corrected chi connectivity index (χ0v) is 14.7. The van der Waals surface area contributed by atoms with Crippen LogP contribution in [0.15, 0.2) is 41.3 Å². The zero-order valence-electron chi connectivity index (χ0n) is 12.4. The summed E-state index contributed by atoms with van der Waals surface area (Å²) < 4.78 is 32.4. The van der Waals surface area contributed by atoms with Crippen LogP contribution in [0.1, 0.15) is 5.56 Å². The second-order valence-electron chi connectivity index (χ2n) is 4.74. The number of sulfonamides is 1. The number of carbonyl (C=O) groups is 1. The first-order valence-electron chi connectivity index (χ1n) is 6.58. The van der Waals surface area contributed by atoms with Crippen molar-refractivity contribution in [3.8, 4) is 5.75 Å². The van der Waals surface area contributed by atoms with Gasteiger partial charge in [-0.1, -0.05) is 35.3 Å². The number of ether oxygens (including phenoxy) is 1. The molecule has 0 unspecified atom stereocenters. The van der Waals surface area contributed by atoms with E-state index in [1.807, 2.05) is 0 Å². The number of carbonyl (C=O) groups excluding carboxylic acids is 1. The van der Waals surface area contributed by atoms with Gasteiger partial charge in [-0.25, -0.2) is 8.42 Å². The number of hydrogen-bond acceptors (Lipinski definition) is 5. The lowest BCUT2D eigenvalue weighted by atomic mass is 10.1. The molecule has 0 aliphatic heterocycles. The SMILES string of the molecule is COc1c(S(=O)(=O)Nc2ccc(CC(=O)[O-])cc2)ccc(Cl)c1Cl. The Kier molecular flexibility index (Phi) is 5.58. The Hall–Kier alpha value is -1.96. The Bertz CT molecular complexity index is 866. The van der Waals surface area contributed by atoms with E-state index < -0.39 is 16.0 Å². The fourth-order valence-corrected chi connectivity index (χ4v) is 3.66. The average molecular weight is 389 g/mol. The number of benzene rings is 2. The van der Waals surface area contributed by atoms with Gasteiger partial charge in [0.1, 0.15) is 9.92 Å². The van der Waals surface area contributed by atoms with Crippen molar-refractivity contribution in [2.75, 3.05) is 11.8 Å². The third-order valence-corrected chi connectivity index (χ3v) is 5.25. The van der Waals surface area contributed by atoms with Gasteiger partial charge in [-0.2, -0.15) is 0 Å². The predicted molar refractivity (Wildman–Crippen MR) is 89.0 cm³/mol. The summed E-state index contributed by atoms with van der Waals surface area (Å²) >= 11 is 11.8. The van der Waals surface area contributed by atoms with Crippen molar-refractivity contribution in [1.29, 1.82) is 0 Å². The Morgan fingerprint density at radius 3 is 2.33 bits per heavy atom. The molecule has 0 aliphatic carbocycles. The second-order valence-corrected chi connectivity index (χ2v) is 7.18. The topological polar surface area (TPSA) is 95.5 Å². The summed E-state index contributed by atoms with van der Waals surface area (Å²) in [5.41, 5.74) is 0.746. The van der Waals surface area contributed by atoms with Gasteiger partial charge in [-0.15, -0.1) is 0 Å². The van der Waals surface area contributed by atoms with E-state index in [1.165, 1.54) is 43.5 Å². The van der Waals surface area contributed by atoms with Gasteiger partial charge in [-0.3, -0.25) is 4.72 Å². The van der Waals surface area contributed by atoms with Crippen LogP contribution in [-0.2, 0) is 21.2 Å². The third kappa shape index (κ3) is 4.11. The molecule has 0 spiro atoms. The van der Waals surface area contributed by atoms with Crippen molar-refractivity contribution in [1.82, 2.24) is 0 Å². The van der Waals surface area contributed by atoms with E-state index in [9.17, 15) is 18.3 Å². The van der Waals surface area contributed by atoms with E-state index in [-0.39, 0.29) is 32.8 Å². The molecule has 0 fully saturated rings. The molecular weight excluding hydrogens is 377 g/mol. The number of nitrogens with one attached hydrogen (secondary N) is 1. The third-order valence-electron chi connectivity index (χ3n) is 3.06. The van der Waals surface area contributed by atoms with Gasteiger partial charge in [0.25, 0.3) is 10.0 Å². The molecule has 6 nitrogen and oxygen atoms in total. The molecule has 0 radical (unpaired) electrons. The minimum Gasteiger partial charge on any atom is -0.550 e. The van der Waals surface area contributed by atoms with Gasteiger partial charge < -0.3 is 14.6 Å². The van der Waals surface area contributed by atoms with Gasteiger partial charge >= 0.3 is 0 Å². The van der Waals surface area contributed by atoms with Crippen LogP contribution in [0.2, 0.25) is 10.0 Å². The molecule has 24 heavy (non-hydrogen) atoms. The van der Waals surface area contributed by atoms with Crippen LogP contribution in [0.3, 0.4) is 0 Å². The molecular formula is C15H12Cl2NO5S-. The minimum atomic E-state index is -3.98. The maximum Gasteiger partial charge on any atom is 0.265 e. The van der Waals surface area contributed by atoms with Gasteiger partial charge in [0.15, 0.2) is 5.75 Å². The highest BCUT2D eigenvalue weighted by Gasteiger charge is 2.23. The minimum absolute atomic E-state index is 0.00801. The fraction of sp³-hybridized carbons (Fsp3) is 0.133. The van der Waals surface area contributed by atoms with Crippen LogP contribution in [0, 0.1) is 0 Å². The maximum atomic E-state index is 12.5. The summed E-state index contributed by atoms with van der Waals surface area (Å²) in [6.07, 6.45) is -0.256. The van der Waals surface area contributed by atoms with Crippen LogP contribution in [0.4, 0.5) is 5.69 Å². The van der Waals surface area contributed by atoms with E-state index in [4.69, 9.17) is 27.9 Å². The molecule has 0 aliphatic rings. The summed E-state index contributed by atoms with van der Waals surface area (Å²) in [5, 5.41) is 10.7. The number of anilines is 1. The average Bonchev–Trinajstić information content (AvgIpc) is 2.50. The normalized spacial score (nSPS) is 11.1. The monoisotopic (exact) mass is 388 g/mol. The van der Waals surface area contributed by atoms with E-state index in [1.54, 1.807) is 0 Å². The summed E-state index contributed by atoms with van der Waals surface area (Å²) in [5.74, 6) is -1.28. The summed E-state index contributed by atoms with van der Waals surface area (Å²) in [7, 11) is -2.69. The van der Waals surface area contributed by atoms with Crippen LogP contribution in [0.5, 0.6) is 5.75 Å². The molecule has 2 aromatic rings. The highest BCUT2D eigenvalue weighted by Crippen LogP contribution is 2.37. The summed E-state index contributed by atoms with van der Waals surface area (Å²) in [4.78, 5) is 10.4. The number of carboxylic acids is 1. The lowest BCUT2D eigenvalue weighted by Crippen LogP contribution is -2.24. The molecule has 0 aromatic heterocycles. The Morgan fingerprint density at radius 1 is 1.17 bits per heavy atom. The molecule has 1 N–H and O–H groups in total. The highest BCUT2D eigenvalue weighted by atomic mass is 35.5. The van der Waals surface area contributed by atoms with Crippen LogP contribution in [0.25, 0.3) is 0 Å². The molecule has 0 saturated heterocycles. The molecule has 0 atom stereocenters. The van der Waals surface area contributed by atoms with Crippen molar-refractivity contribution in [3.05, 3.63) is 52.0 Å². The van der Waals surface area contributed by atoms with E-state index >= 15 is 0 Å². The first-order valence-corrected chi connectivity index (χ1v) is 8.82. The van der Waals surface area contributed by atoms with Gasteiger partial charge in [0.05, 0.1) is 12.1 Å². The van der Waals surface area contributed by atoms with Crippen molar-refractivity contribution in [2.45, 2.75) is 11.3 Å². The number of rotatable bonds is 6. The van der Waals surface area contributed by atoms with Crippen molar-refractivity contribution in [2.24, 2.45) is 0 Å². The molecule has 0 bridgehead atoms. The quantitative estimate of drug-likeness (QED) is 0.817. The fourth-order valence-electron chi connectivity index (χ4n) is 1.98. The standard InChI is InChI=1S/C15H13Cl2NO5S/c1-23-15-12(7-6-11(16)14(15)17)24(21,22)18-10-4-2-9(3-5-10)8-13(19)20/h2-7,18H,8H2,1H3,(H,19,20)/p-1. The van der Waals surface area contributed by atoms with Gasteiger partial charge in [0, 0.05) is 18.1 Å². The lowest BCUT2D eigenvalue weighted by Gasteiger charge is -2.13. The molecule has 9 heteroatoms. The first kappa shape index (κ1) is 18.4.